The van der Waals surface area contributed by atoms with Gasteiger partial charge in [0, 0.05) is 17.4 Å². The number of hydrogen-bond acceptors (Lipinski definition) is 2. The van der Waals surface area contributed by atoms with E-state index in [9.17, 15) is 9.59 Å². The van der Waals surface area contributed by atoms with Crippen molar-refractivity contribution in [1.29, 1.82) is 0 Å². The van der Waals surface area contributed by atoms with Gasteiger partial charge in [-0.15, -0.1) is 0 Å². The molecule has 98 valence electrons. The first-order chi connectivity index (χ1) is 9.16. The van der Waals surface area contributed by atoms with Crippen LogP contribution in [0.5, 0.6) is 0 Å². The molecule has 0 saturated carbocycles. The predicted molar refractivity (Wildman–Crippen MR) is 70.0 cm³/mol. The molecular formula is C14H14N2O3. The lowest BCUT2D eigenvalue weighted by Crippen LogP contribution is -2.40. The second kappa shape index (κ2) is 4.42. The average molecular weight is 258 g/mol. The van der Waals surface area contributed by atoms with E-state index < -0.39 is 12.0 Å². The number of H-pyrrole nitrogens is 1. The first-order valence-electron chi connectivity index (χ1n) is 6.28. The smallest absolute Gasteiger partial charge is 0.326 e. The first kappa shape index (κ1) is 11.8. The Morgan fingerprint density at radius 2 is 2.11 bits per heavy atom. The van der Waals surface area contributed by atoms with Crippen LogP contribution in [0.2, 0.25) is 0 Å². The Labute approximate surface area is 109 Å². The molecule has 0 aliphatic carbocycles. The van der Waals surface area contributed by atoms with Crippen LogP contribution < -0.4 is 0 Å². The largest absolute Gasteiger partial charge is 0.480 e. The van der Waals surface area contributed by atoms with Crippen LogP contribution in [0.4, 0.5) is 0 Å². The number of benzene rings is 1. The number of likely N-dealkylation sites (tertiary alicyclic amines) is 1. The van der Waals surface area contributed by atoms with Crippen LogP contribution >= 0.6 is 0 Å². The van der Waals surface area contributed by atoms with Crippen LogP contribution in [0.3, 0.4) is 0 Å². The number of carbonyl (C=O) groups excluding carboxylic acids is 1. The van der Waals surface area contributed by atoms with Gasteiger partial charge in [-0.3, -0.25) is 4.79 Å². The molecule has 1 unspecified atom stereocenters. The Morgan fingerprint density at radius 3 is 2.84 bits per heavy atom. The van der Waals surface area contributed by atoms with E-state index in [2.05, 4.69) is 4.98 Å². The number of aromatic nitrogens is 1. The summed E-state index contributed by atoms with van der Waals surface area (Å²) in [5.74, 6) is -1.16. The molecule has 3 rings (SSSR count). The predicted octanol–water partition coefficient (Wildman–Crippen LogP) is 1.86. The molecule has 1 amide bonds. The molecule has 1 aliphatic heterocycles. The molecule has 2 N–H and O–H groups in total. The number of para-hydroxylation sites is 1. The van der Waals surface area contributed by atoms with Crippen molar-refractivity contribution in [2.45, 2.75) is 18.9 Å². The molecule has 5 heteroatoms. The molecule has 1 aromatic heterocycles. The van der Waals surface area contributed by atoms with Crippen LogP contribution in [0.1, 0.15) is 23.3 Å². The number of amides is 1. The van der Waals surface area contributed by atoms with Gasteiger partial charge >= 0.3 is 5.97 Å². The minimum atomic E-state index is -0.929. The number of aromatic amines is 1. The lowest BCUT2D eigenvalue weighted by atomic mass is 10.2. The van der Waals surface area contributed by atoms with Crippen LogP contribution in [0.25, 0.3) is 10.9 Å². The number of rotatable bonds is 2. The van der Waals surface area contributed by atoms with E-state index in [1.165, 1.54) is 4.90 Å². The van der Waals surface area contributed by atoms with E-state index in [1.54, 1.807) is 6.07 Å². The van der Waals surface area contributed by atoms with Gasteiger partial charge in [0.25, 0.3) is 5.91 Å². The normalized spacial score (nSPS) is 18.9. The van der Waals surface area contributed by atoms with Crippen molar-refractivity contribution in [1.82, 2.24) is 9.88 Å². The molecule has 2 heterocycles. The van der Waals surface area contributed by atoms with E-state index >= 15 is 0 Å². The fourth-order valence-electron chi connectivity index (χ4n) is 2.61. The summed E-state index contributed by atoms with van der Waals surface area (Å²) in [6.45, 7) is 0.505. The standard InChI is InChI=1S/C14H14N2O3/c17-13(16-7-3-6-12(16)14(18)19)11-8-9-4-1-2-5-10(9)15-11/h1-2,4-5,8,12,15H,3,6-7H2,(H,18,19). The Balaban J connectivity index is 1.93. The highest BCUT2D eigenvalue weighted by molar-refractivity contribution is 5.99. The minimum Gasteiger partial charge on any atom is -0.480 e. The van der Waals surface area contributed by atoms with Gasteiger partial charge in [0.15, 0.2) is 0 Å². The Hall–Kier alpha value is -2.30. The number of nitrogens with zero attached hydrogens (tertiary/aromatic N) is 1. The van der Waals surface area contributed by atoms with E-state index in [0.717, 1.165) is 17.3 Å². The summed E-state index contributed by atoms with van der Waals surface area (Å²) >= 11 is 0. The van der Waals surface area contributed by atoms with Crippen molar-refractivity contribution in [3.8, 4) is 0 Å². The first-order valence-corrected chi connectivity index (χ1v) is 6.28. The summed E-state index contributed by atoms with van der Waals surface area (Å²) in [6.07, 6.45) is 1.27. The molecule has 0 radical (unpaired) electrons. The second-order valence-corrected chi connectivity index (χ2v) is 4.77. The van der Waals surface area contributed by atoms with Crippen molar-refractivity contribution < 1.29 is 14.7 Å². The summed E-state index contributed by atoms with van der Waals surface area (Å²) in [5.41, 5.74) is 1.34. The maximum absolute atomic E-state index is 12.4. The second-order valence-electron chi connectivity index (χ2n) is 4.77. The maximum atomic E-state index is 12.4. The summed E-state index contributed by atoms with van der Waals surface area (Å²) in [7, 11) is 0. The average Bonchev–Trinajstić information content (AvgIpc) is 3.04. The molecule has 1 aliphatic rings. The molecule has 0 spiro atoms. The highest BCUT2D eigenvalue weighted by Crippen LogP contribution is 2.22. The van der Waals surface area contributed by atoms with Gasteiger partial charge in [0.2, 0.25) is 0 Å². The van der Waals surface area contributed by atoms with E-state index in [-0.39, 0.29) is 5.91 Å². The third kappa shape index (κ3) is 1.97. The van der Waals surface area contributed by atoms with E-state index in [1.807, 2.05) is 24.3 Å². The van der Waals surface area contributed by atoms with Crippen molar-refractivity contribution in [2.75, 3.05) is 6.54 Å². The Morgan fingerprint density at radius 1 is 1.32 bits per heavy atom. The van der Waals surface area contributed by atoms with E-state index in [0.29, 0.717) is 18.7 Å². The zero-order chi connectivity index (χ0) is 13.4. The van der Waals surface area contributed by atoms with Crippen LogP contribution in [0, 0.1) is 0 Å². The van der Waals surface area contributed by atoms with Gasteiger partial charge < -0.3 is 15.0 Å². The molecule has 1 saturated heterocycles. The van der Waals surface area contributed by atoms with Gasteiger partial charge in [-0.05, 0) is 25.0 Å². The zero-order valence-corrected chi connectivity index (χ0v) is 10.3. The molecule has 19 heavy (non-hydrogen) atoms. The van der Waals surface area contributed by atoms with Crippen molar-refractivity contribution in [2.24, 2.45) is 0 Å². The topological polar surface area (TPSA) is 73.4 Å². The molecule has 1 atom stereocenters. The summed E-state index contributed by atoms with van der Waals surface area (Å²) in [5, 5.41) is 10.1. The third-order valence-electron chi connectivity index (χ3n) is 3.56. The number of nitrogens with one attached hydrogen (secondary N) is 1. The molecule has 2 aromatic rings. The Bertz CT molecular complexity index is 614. The Kier molecular flexibility index (Phi) is 2.74. The number of carboxylic acid groups (broad SMARTS) is 1. The quantitative estimate of drug-likeness (QED) is 0.863. The monoisotopic (exact) mass is 258 g/mol. The highest BCUT2D eigenvalue weighted by Gasteiger charge is 2.34. The molecule has 0 bridgehead atoms. The summed E-state index contributed by atoms with van der Waals surface area (Å²) < 4.78 is 0. The fourth-order valence-corrected chi connectivity index (χ4v) is 2.61. The number of aliphatic carboxylic acids is 1. The number of hydrogen-bond donors (Lipinski definition) is 2. The zero-order valence-electron chi connectivity index (χ0n) is 10.3. The fraction of sp³-hybridized carbons (Fsp3) is 0.286. The van der Waals surface area contributed by atoms with Gasteiger partial charge in [-0.25, -0.2) is 4.79 Å². The number of carbonyl (C=O) groups is 2. The van der Waals surface area contributed by atoms with Gasteiger partial charge in [-0.2, -0.15) is 0 Å². The molecule has 1 fully saturated rings. The summed E-state index contributed by atoms with van der Waals surface area (Å²) in [6, 6.07) is 8.68. The van der Waals surface area contributed by atoms with E-state index in [4.69, 9.17) is 5.11 Å². The lowest BCUT2D eigenvalue weighted by Gasteiger charge is -2.20. The van der Waals surface area contributed by atoms with Crippen molar-refractivity contribution in [3.63, 3.8) is 0 Å². The number of fused-ring (bicyclic) bond motifs is 1. The van der Waals surface area contributed by atoms with Gasteiger partial charge in [-0.1, -0.05) is 18.2 Å². The third-order valence-corrected chi connectivity index (χ3v) is 3.56. The van der Waals surface area contributed by atoms with Gasteiger partial charge in [0.05, 0.1) is 0 Å². The highest BCUT2D eigenvalue weighted by atomic mass is 16.4. The van der Waals surface area contributed by atoms with Crippen molar-refractivity contribution >= 4 is 22.8 Å². The lowest BCUT2D eigenvalue weighted by molar-refractivity contribution is -0.141. The number of carboxylic acids is 1. The molecule has 1 aromatic carbocycles. The SMILES string of the molecule is O=C(O)C1CCCN1C(=O)c1cc2ccccc2[nH]1. The van der Waals surface area contributed by atoms with Crippen LogP contribution in [-0.4, -0.2) is 39.5 Å². The maximum Gasteiger partial charge on any atom is 0.326 e. The molecule has 5 nitrogen and oxygen atoms in total. The van der Waals surface area contributed by atoms with Crippen molar-refractivity contribution in [3.05, 3.63) is 36.0 Å². The minimum absolute atomic E-state index is 0.235. The van der Waals surface area contributed by atoms with Crippen LogP contribution in [0.15, 0.2) is 30.3 Å². The summed E-state index contributed by atoms with van der Waals surface area (Å²) in [4.78, 5) is 28.0. The van der Waals surface area contributed by atoms with Crippen LogP contribution in [-0.2, 0) is 4.79 Å². The molecular weight excluding hydrogens is 244 g/mol. The van der Waals surface area contributed by atoms with Gasteiger partial charge in [0.1, 0.15) is 11.7 Å².